The van der Waals surface area contributed by atoms with Gasteiger partial charge in [0.15, 0.2) is 0 Å². The topological polar surface area (TPSA) is 52.9 Å². The molecule has 1 N–H and O–H groups in total. The van der Waals surface area contributed by atoms with Crippen LogP contribution in [-0.2, 0) is 0 Å². The molecule has 3 nitrogen and oxygen atoms in total. The minimum Gasteiger partial charge on any atom is -0.349 e. The van der Waals surface area contributed by atoms with Gasteiger partial charge >= 0.3 is 0 Å². The third kappa shape index (κ3) is 4.25. The fourth-order valence-corrected chi connectivity index (χ4v) is 4.03. The van der Waals surface area contributed by atoms with Crippen molar-refractivity contribution in [2.75, 3.05) is 0 Å². The number of amides is 1. The fraction of sp³-hybridized carbons (Fsp3) is 0.529. The van der Waals surface area contributed by atoms with Crippen LogP contribution >= 0.6 is 11.8 Å². The van der Waals surface area contributed by atoms with E-state index in [9.17, 15) is 4.79 Å². The van der Waals surface area contributed by atoms with Crippen LogP contribution < -0.4 is 5.32 Å². The number of thioether (sulfide) groups is 1. The molecule has 0 heterocycles. The molecule has 2 unspecified atom stereocenters. The predicted molar refractivity (Wildman–Crippen MR) is 86.0 cm³/mol. The standard InChI is InChI=1S/C17H22N2OS/c1-12-8-13(10-17(2,3)9-12)19-16(20)14-6-4-5-7-15(14)21-11-18/h4-7,12-13H,8-10H2,1-3H3,(H,19,20). The molecule has 1 saturated carbocycles. The first-order valence-corrected chi connectivity index (χ1v) is 8.19. The molecule has 0 aliphatic heterocycles. The summed E-state index contributed by atoms with van der Waals surface area (Å²) in [5.41, 5.74) is 0.872. The molecule has 1 aromatic rings. The van der Waals surface area contributed by atoms with Crippen molar-refractivity contribution in [3.8, 4) is 5.40 Å². The minimum absolute atomic E-state index is 0.0664. The molecule has 0 saturated heterocycles. The molecule has 4 heteroatoms. The van der Waals surface area contributed by atoms with E-state index in [0.29, 0.717) is 11.5 Å². The summed E-state index contributed by atoms with van der Waals surface area (Å²) >= 11 is 1.04. The van der Waals surface area contributed by atoms with Crippen molar-refractivity contribution in [2.24, 2.45) is 11.3 Å². The largest absolute Gasteiger partial charge is 0.349 e. The Balaban J connectivity index is 2.10. The molecule has 2 atom stereocenters. The SMILES string of the molecule is CC1CC(NC(=O)c2ccccc2SC#N)CC(C)(C)C1. The highest BCUT2D eigenvalue weighted by Crippen LogP contribution is 2.38. The highest BCUT2D eigenvalue weighted by molar-refractivity contribution is 8.03. The summed E-state index contributed by atoms with van der Waals surface area (Å²) in [6.45, 7) is 6.78. The van der Waals surface area contributed by atoms with E-state index in [1.165, 1.54) is 6.42 Å². The van der Waals surface area contributed by atoms with Crippen molar-refractivity contribution in [3.05, 3.63) is 29.8 Å². The molecule has 0 spiro atoms. The first kappa shape index (κ1) is 15.9. The molecule has 1 aliphatic rings. The van der Waals surface area contributed by atoms with Crippen molar-refractivity contribution in [3.63, 3.8) is 0 Å². The maximum Gasteiger partial charge on any atom is 0.252 e. The number of thiocyanates is 1. The van der Waals surface area contributed by atoms with Gasteiger partial charge in [0.1, 0.15) is 5.40 Å². The lowest BCUT2D eigenvalue weighted by Gasteiger charge is -2.39. The van der Waals surface area contributed by atoms with Gasteiger partial charge < -0.3 is 5.32 Å². The molecule has 1 fully saturated rings. The Morgan fingerprint density at radius 2 is 2.10 bits per heavy atom. The van der Waals surface area contributed by atoms with Crippen molar-refractivity contribution in [1.82, 2.24) is 5.32 Å². The number of carbonyl (C=O) groups excluding carboxylic acids is 1. The second kappa shape index (κ2) is 6.53. The predicted octanol–water partition coefficient (Wildman–Crippen LogP) is 4.20. The summed E-state index contributed by atoms with van der Waals surface area (Å²) < 4.78 is 0. The Hall–Kier alpha value is -1.47. The Morgan fingerprint density at radius 3 is 2.76 bits per heavy atom. The highest BCUT2D eigenvalue weighted by Gasteiger charge is 2.32. The van der Waals surface area contributed by atoms with Crippen LogP contribution in [0, 0.1) is 22.0 Å². The van der Waals surface area contributed by atoms with Gasteiger partial charge in [-0.25, -0.2) is 0 Å². The van der Waals surface area contributed by atoms with Gasteiger partial charge in [-0.1, -0.05) is 32.9 Å². The third-order valence-electron chi connectivity index (χ3n) is 4.01. The van der Waals surface area contributed by atoms with E-state index in [4.69, 9.17) is 5.26 Å². The molecular formula is C17H22N2OS. The van der Waals surface area contributed by atoms with E-state index in [2.05, 4.69) is 26.1 Å². The monoisotopic (exact) mass is 302 g/mol. The molecule has 1 amide bonds. The molecule has 112 valence electrons. The smallest absolute Gasteiger partial charge is 0.252 e. The number of hydrogen-bond acceptors (Lipinski definition) is 3. The van der Waals surface area contributed by atoms with Crippen LogP contribution in [0.1, 0.15) is 50.4 Å². The quantitative estimate of drug-likeness (QED) is 0.672. The van der Waals surface area contributed by atoms with Gasteiger partial charge in [0.2, 0.25) is 0 Å². The van der Waals surface area contributed by atoms with Crippen LogP contribution in [0.25, 0.3) is 0 Å². The van der Waals surface area contributed by atoms with E-state index in [0.717, 1.165) is 29.5 Å². The minimum atomic E-state index is -0.0664. The molecular weight excluding hydrogens is 280 g/mol. The van der Waals surface area contributed by atoms with Gasteiger partial charge in [-0.05, 0) is 54.5 Å². The van der Waals surface area contributed by atoms with Crippen LogP contribution in [0.3, 0.4) is 0 Å². The van der Waals surface area contributed by atoms with Crippen LogP contribution in [0.5, 0.6) is 0 Å². The molecule has 0 radical (unpaired) electrons. The maximum atomic E-state index is 12.5. The Kier molecular flexibility index (Phi) is 4.95. The van der Waals surface area contributed by atoms with Gasteiger partial charge in [0.05, 0.1) is 5.56 Å². The summed E-state index contributed by atoms with van der Waals surface area (Å²) in [7, 11) is 0. The lowest BCUT2D eigenvalue weighted by atomic mass is 9.70. The second-order valence-electron chi connectivity index (χ2n) is 6.77. The normalized spacial score (nSPS) is 24.1. The zero-order valence-corrected chi connectivity index (χ0v) is 13.7. The summed E-state index contributed by atoms with van der Waals surface area (Å²) in [4.78, 5) is 13.2. The molecule has 21 heavy (non-hydrogen) atoms. The van der Waals surface area contributed by atoms with E-state index >= 15 is 0 Å². The van der Waals surface area contributed by atoms with E-state index in [1.807, 2.05) is 23.6 Å². The zero-order valence-electron chi connectivity index (χ0n) is 12.8. The highest BCUT2D eigenvalue weighted by atomic mass is 32.2. The Bertz CT molecular complexity index is 562. The van der Waals surface area contributed by atoms with Gasteiger partial charge in [-0.15, -0.1) is 0 Å². The van der Waals surface area contributed by atoms with Crippen molar-refractivity contribution >= 4 is 17.7 Å². The average molecular weight is 302 g/mol. The first-order valence-electron chi connectivity index (χ1n) is 7.37. The lowest BCUT2D eigenvalue weighted by Crippen LogP contribution is -2.43. The Morgan fingerprint density at radius 1 is 1.38 bits per heavy atom. The number of nitriles is 1. The number of rotatable bonds is 3. The van der Waals surface area contributed by atoms with Crippen molar-refractivity contribution in [2.45, 2.75) is 51.0 Å². The number of nitrogens with one attached hydrogen (secondary N) is 1. The van der Waals surface area contributed by atoms with Gasteiger partial charge in [-0.2, -0.15) is 5.26 Å². The van der Waals surface area contributed by atoms with Crippen LogP contribution in [-0.4, -0.2) is 11.9 Å². The second-order valence-corrected chi connectivity index (χ2v) is 7.60. The number of hydrogen-bond donors (Lipinski definition) is 1. The summed E-state index contributed by atoms with van der Waals surface area (Å²) in [6.07, 6.45) is 3.25. The number of nitrogens with zero attached hydrogens (tertiary/aromatic N) is 1. The van der Waals surface area contributed by atoms with E-state index in [1.54, 1.807) is 6.07 Å². The first-order chi connectivity index (χ1) is 9.91. The van der Waals surface area contributed by atoms with Gasteiger partial charge in [0.25, 0.3) is 5.91 Å². The molecule has 2 rings (SSSR count). The summed E-state index contributed by atoms with van der Waals surface area (Å²) in [6, 6.07) is 7.51. The fourth-order valence-electron chi connectivity index (χ4n) is 3.51. The van der Waals surface area contributed by atoms with Crippen molar-refractivity contribution < 1.29 is 4.79 Å². The summed E-state index contributed by atoms with van der Waals surface area (Å²) in [5.74, 6) is 0.561. The average Bonchev–Trinajstić information content (AvgIpc) is 2.37. The van der Waals surface area contributed by atoms with Gasteiger partial charge in [-0.3, -0.25) is 4.79 Å². The number of carbonyl (C=O) groups is 1. The molecule has 0 aromatic heterocycles. The Labute approximate surface area is 131 Å². The van der Waals surface area contributed by atoms with Crippen LogP contribution in [0.2, 0.25) is 0 Å². The summed E-state index contributed by atoms with van der Waals surface area (Å²) in [5, 5.41) is 14.0. The third-order valence-corrected chi connectivity index (χ3v) is 4.68. The molecule has 0 bridgehead atoms. The molecule has 1 aliphatic carbocycles. The van der Waals surface area contributed by atoms with E-state index in [-0.39, 0.29) is 17.4 Å². The molecule has 1 aromatic carbocycles. The maximum absolute atomic E-state index is 12.5. The zero-order chi connectivity index (χ0) is 15.5. The van der Waals surface area contributed by atoms with Crippen molar-refractivity contribution in [1.29, 1.82) is 5.26 Å². The van der Waals surface area contributed by atoms with Gasteiger partial charge in [0, 0.05) is 10.9 Å². The number of benzene rings is 1. The van der Waals surface area contributed by atoms with E-state index < -0.39 is 0 Å². The van der Waals surface area contributed by atoms with Crippen LogP contribution in [0.4, 0.5) is 0 Å². The lowest BCUT2D eigenvalue weighted by molar-refractivity contribution is 0.0871. The van der Waals surface area contributed by atoms with Crippen LogP contribution in [0.15, 0.2) is 29.2 Å².